The van der Waals surface area contributed by atoms with E-state index in [-0.39, 0.29) is 4.90 Å². The van der Waals surface area contributed by atoms with E-state index in [9.17, 15) is 8.42 Å². The SMILES string of the molecule is CC/C=C/C=N/NS(=O)(=O)c1ccc(N=Nc2ccc(N(C)C)cc2)cc1. The summed E-state index contributed by atoms with van der Waals surface area (Å²) in [6.07, 6.45) is 5.79. The molecule has 0 aliphatic rings. The molecule has 0 aliphatic carbocycles. The van der Waals surface area contributed by atoms with Crippen molar-refractivity contribution in [3.05, 3.63) is 60.7 Å². The van der Waals surface area contributed by atoms with Crippen LogP contribution in [0.3, 0.4) is 0 Å². The molecule has 0 aliphatic heterocycles. The number of hydrogen-bond acceptors (Lipinski definition) is 6. The average molecular weight is 385 g/mol. The topological polar surface area (TPSA) is 86.5 Å². The Labute approximate surface area is 160 Å². The van der Waals surface area contributed by atoms with E-state index in [0.717, 1.165) is 12.1 Å². The van der Waals surface area contributed by atoms with Crippen LogP contribution in [0.15, 0.2) is 80.9 Å². The number of allylic oxidation sites excluding steroid dienone is 2. The van der Waals surface area contributed by atoms with Gasteiger partial charge in [-0.2, -0.15) is 23.7 Å². The van der Waals surface area contributed by atoms with Crippen molar-refractivity contribution in [3.63, 3.8) is 0 Å². The van der Waals surface area contributed by atoms with Crippen LogP contribution in [0.5, 0.6) is 0 Å². The van der Waals surface area contributed by atoms with Gasteiger partial charge in [-0.1, -0.05) is 13.0 Å². The highest BCUT2D eigenvalue weighted by molar-refractivity contribution is 7.89. The second-order valence-corrected chi connectivity index (χ2v) is 7.47. The van der Waals surface area contributed by atoms with E-state index in [1.54, 1.807) is 18.2 Å². The first kappa shape index (κ1) is 20.3. The van der Waals surface area contributed by atoms with Crippen LogP contribution in [0.2, 0.25) is 0 Å². The molecule has 0 spiro atoms. The zero-order chi connectivity index (χ0) is 19.7. The molecule has 0 bridgehead atoms. The average Bonchev–Trinajstić information content (AvgIpc) is 2.67. The fourth-order valence-electron chi connectivity index (χ4n) is 2.02. The van der Waals surface area contributed by atoms with Gasteiger partial charge in [-0.3, -0.25) is 0 Å². The minimum Gasteiger partial charge on any atom is -0.378 e. The Balaban J connectivity index is 2.03. The molecular formula is C19H23N5O2S. The summed E-state index contributed by atoms with van der Waals surface area (Å²) in [6, 6.07) is 13.7. The predicted octanol–water partition coefficient (Wildman–Crippen LogP) is 4.40. The van der Waals surface area contributed by atoms with E-state index in [2.05, 4.69) is 20.2 Å². The molecule has 7 nitrogen and oxygen atoms in total. The molecule has 0 radical (unpaired) electrons. The molecule has 1 N–H and O–H groups in total. The van der Waals surface area contributed by atoms with Gasteiger partial charge in [0.1, 0.15) is 0 Å². The fraction of sp³-hybridized carbons (Fsp3) is 0.211. The van der Waals surface area contributed by atoms with Crippen molar-refractivity contribution in [1.82, 2.24) is 4.83 Å². The zero-order valence-corrected chi connectivity index (χ0v) is 16.4. The zero-order valence-electron chi connectivity index (χ0n) is 15.6. The molecule has 0 heterocycles. The minimum absolute atomic E-state index is 0.105. The summed E-state index contributed by atoms with van der Waals surface area (Å²) in [5.74, 6) is 0. The Hall–Kier alpha value is -3.00. The predicted molar refractivity (Wildman–Crippen MR) is 110 cm³/mol. The van der Waals surface area contributed by atoms with Crippen LogP contribution in [0.1, 0.15) is 13.3 Å². The molecule has 2 aromatic carbocycles. The van der Waals surface area contributed by atoms with Crippen LogP contribution in [0, 0.1) is 0 Å². The highest BCUT2D eigenvalue weighted by Crippen LogP contribution is 2.22. The molecule has 8 heteroatoms. The first-order valence-electron chi connectivity index (χ1n) is 8.41. The molecule has 0 saturated carbocycles. The lowest BCUT2D eigenvalue weighted by Gasteiger charge is -2.11. The molecule has 0 aromatic heterocycles. The molecule has 0 atom stereocenters. The Morgan fingerprint density at radius 2 is 1.52 bits per heavy atom. The minimum atomic E-state index is -3.70. The van der Waals surface area contributed by atoms with Crippen LogP contribution in [-0.2, 0) is 10.0 Å². The van der Waals surface area contributed by atoms with Gasteiger partial charge < -0.3 is 4.90 Å². The lowest BCUT2D eigenvalue weighted by atomic mass is 10.3. The smallest absolute Gasteiger partial charge is 0.276 e. The molecule has 0 unspecified atom stereocenters. The Bertz CT molecular complexity index is 916. The first-order valence-corrected chi connectivity index (χ1v) is 9.90. The van der Waals surface area contributed by atoms with E-state index in [1.165, 1.54) is 18.3 Å². The van der Waals surface area contributed by atoms with E-state index in [0.29, 0.717) is 11.4 Å². The highest BCUT2D eigenvalue weighted by Gasteiger charge is 2.12. The van der Waals surface area contributed by atoms with Crippen molar-refractivity contribution in [2.45, 2.75) is 18.2 Å². The molecular weight excluding hydrogens is 362 g/mol. The van der Waals surface area contributed by atoms with Gasteiger partial charge in [0.2, 0.25) is 0 Å². The van der Waals surface area contributed by atoms with Gasteiger partial charge in [0.05, 0.1) is 16.3 Å². The lowest BCUT2D eigenvalue weighted by molar-refractivity contribution is 0.584. The van der Waals surface area contributed by atoms with Crippen molar-refractivity contribution in [2.24, 2.45) is 15.3 Å². The number of sulfonamides is 1. The van der Waals surface area contributed by atoms with Gasteiger partial charge in [0.15, 0.2) is 0 Å². The molecule has 0 saturated heterocycles. The third kappa shape index (κ3) is 6.34. The summed E-state index contributed by atoms with van der Waals surface area (Å²) >= 11 is 0. The van der Waals surface area contributed by atoms with Crippen molar-refractivity contribution in [1.29, 1.82) is 0 Å². The van der Waals surface area contributed by atoms with E-state index >= 15 is 0 Å². The number of azo groups is 1. The fourth-order valence-corrected chi connectivity index (χ4v) is 2.82. The molecule has 0 amide bonds. The Kier molecular flexibility index (Phi) is 7.25. The maximum atomic E-state index is 12.1. The number of nitrogens with zero attached hydrogens (tertiary/aromatic N) is 4. The summed E-state index contributed by atoms with van der Waals surface area (Å²) in [5.41, 5.74) is 2.34. The quantitative estimate of drug-likeness (QED) is 0.415. The highest BCUT2D eigenvalue weighted by atomic mass is 32.2. The van der Waals surface area contributed by atoms with Crippen LogP contribution >= 0.6 is 0 Å². The van der Waals surface area contributed by atoms with Gasteiger partial charge in [-0.15, -0.1) is 0 Å². The standard InChI is InChI=1S/C19H23N5O2S/c1-4-5-6-15-20-23-27(25,26)19-13-9-17(10-14-19)22-21-16-7-11-18(12-8-16)24(2)3/h5-15,23H,4H2,1-3H3/b6-5+,20-15+,22-21?. The number of nitrogens with one attached hydrogen (secondary N) is 1. The van der Waals surface area contributed by atoms with E-state index < -0.39 is 10.0 Å². The normalized spacial score (nSPS) is 12.3. The van der Waals surface area contributed by atoms with Crippen LogP contribution < -0.4 is 9.73 Å². The summed E-state index contributed by atoms with van der Waals surface area (Å²) in [4.78, 5) is 4.26. The Morgan fingerprint density at radius 3 is 2.04 bits per heavy atom. The molecule has 2 aromatic rings. The summed E-state index contributed by atoms with van der Waals surface area (Å²) in [5, 5.41) is 12.0. The van der Waals surface area contributed by atoms with Gasteiger partial charge in [-0.25, -0.2) is 4.83 Å². The lowest BCUT2D eigenvalue weighted by Crippen LogP contribution is -2.17. The summed E-state index contributed by atoms with van der Waals surface area (Å²) in [7, 11) is 0.230. The second kappa shape index (κ2) is 9.63. The molecule has 27 heavy (non-hydrogen) atoms. The van der Waals surface area contributed by atoms with E-state index in [1.807, 2.05) is 56.3 Å². The van der Waals surface area contributed by atoms with Crippen LogP contribution in [-0.4, -0.2) is 28.7 Å². The van der Waals surface area contributed by atoms with Gasteiger partial charge >= 0.3 is 0 Å². The van der Waals surface area contributed by atoms with Gasteiger partial charge in [0.25, 0.3) is 10.0 Å². The van der Waals surface area contributed by atoms with Crippen molar-refractivity contribution >= 4 is 33.3 Å². The summed E-state index contributed by atoms with van der Waals surface area (Å²) in [6.45, 7) is 1.98. The van der Waals surface area contributed by atoms with Crippen LogP contribution in [0.25, 0.3) is 0 Å². The van der Waals surface area contributed by atoms with Crippen molar-refractivity contribution < 1.29 is 8.42 Å². The van der Waals surface area contributed by atoms with Crippen molar-refractivity contribution in [2.75, 3.05) is 19.0 Å². The number of hydrogen-bond donors (Lipinski definition) is 1. The third-order valence-corrected chi connectivity index (χ3v) is 4.74. The number of anilines is 1. The van der Waals surface area contributed by atoms with Gasteiger partial charge in [-0.05, 0) is 61.0 Å². The number of benzene rings is 2. The largest absolute Gasteiger partial charge is 0.378 e. The third-order valence-electron chi connectivity index (χ3n) is 3.50. The molecule has 0 fully saturated rings. The first-order chi connectivity index (χ1) is 12.9. The second-order valence-electron chi connectivity index (χ2n) is 5.81. The van der Waals surface area contributed by atoms with Crippen LogP contribution in [0.4, 0.5) is 17.1 Å². The Morgan fingerprint density at radius 1 is 0.963 bits per heavy atom. The van der Waals surface area contributed by atoms with Crippen molar-refractivity contribution in [3.8, 4) is 0 Å². The van der Waals surface area contributed by atoms with Gasteiger partial charge in [0, 0.05) is 26.0 Å². The summed E-state index contributed by atoms with van der Waals surface area (Å²) < 4.78 is 24.3. The monoisotopic (exact) mass is 385 g/mol. The maximum absolute atomic E-state index is 12.1. The molecule has 142 valence electrons. The maximum Gasteiger partial charge on any atom is 0.276 e. The van der Waals surface area contributed by atoms with E-state index in [4.69, 9.17) is 0 Å². The number of hydrazone groups is 1. The number of rotatable bonds is 8. The molecule has 2 rings (SSSR count).